The van der Waals surface area contributed by atoms with Crippen molar-refractivity contribution in [2.24, 2.45) is 4.99 Å². The van der Waals surface area contributed by atoms with E-state index < -0.39 is 5.56 Å². The number of aromatic nitrogens is 1. The van der Waals surface area contributed by atoms with E-state index in [4.69, 9.17) is 9.47 Å². The Morgan fingerprint density at radius 2 is 1.97 bits per heavy atom. The van der Waals surface area contributed by atoms with Crippen LogP contribution in [0.1, 0.15) is 54.8 Å². The summed E-state index contributed by atoms with van der Waals surface area (Å²) in [5.41, 5.74) is 0.877. The summed E-state index contributed by atoms with van der Waals surface area (Å²) in [7, 11) is 3.10. The molecule has 7 heteroatoms. The molecule has 1 saturated carbocycles. The maximum Gasteiger partial charge on any atom is 0.271 e. The normalized spacial score (nSPS) is 14.7. The highest BCUT2D eigenvalue weighted by molar-refractivity contribution is 5.88. The molecule has 0 unspecified atom stereocenters. The summed E-state index contributed by atoms with van der Waals surface area (Å²) >= 11 is 0. The minimum atomic E-state index is -0.439. The second-order valence-corrected chi connectivity index (χ2v) is 7.11. The number of hydrogen-bond acceptors (Lipinski definition) is 6. The number of benzene rings is 1. The minimum Gasteiger partial charge on any atom is -0.497 e. The molecule has 0 spiro atoms. The molecule has 0 amide bonds. The average molecular weight is 395 g/mol. The first-order chi connectivity index (χ1) is 14.0. The number of methoxy groups -OCH3 is 2. The second-order valence-electron chi connectivity index (χ2n) is 7.11. The van der Waals surface area contributed by atoms with Crippen molar-refractivity contribution in [3.63, 3.8) is 0 Å². The predicted molar refractivity (Wildman–Crippen MR) is 111 cm³/mol. The van der Waals surface area contributed by atoms with Crippen LogP contribution in [0.4, 0.5) is 5.69 Å². The van der Waals surface area contributed by atoms with Crippen molar-refractivity contribution < 1.29 is 14.6 Å². The highest BCUT2D eigenvalue weighted by Gasteiger charge is 2.24. The van der Waals surface area contributed by atoms with Crippen molar-refractivity contribution in [3.05, 3.63) is 45.2 Å². The fourth-order valence-corrected chi connectivity index (χ4v) is 3.81. The molecule has 1 heterocycles. The van der Waals surface area contributed by atoms with Crippen LogP contribution >= 0.6 is 0 Å². The number of pyridine rings is 1. The van der Waals surface area contributed by atoms with Crippen LogP contribution in [0, 0.1) is 18.3 Å². The Balaban J connectivity index is 2.14. The number of ether oxygens (including phenoxy) is 2. The van der Waals surface area contributed by atoms with Crippen LogP contribution in [0.5, 0.6) is 17.4 Å². The average Bonchev–Trinajstić information content (AvgIpc) is 2.74. The van der Waals surface area contributed by atoms with Gasteiger partial charge in [-0.15, -0.1) is 0 Å². The number of nitrogens with zero attached hydrogens (tertiary/aromatic N) is 3. The Bertz CT molecular complexity index is 1030. The summed E-state index contributed by atoms with van der Waals surface area (Å²) in [4.78, 5) is 17.3. The van der Waals surface area contributed by atoms with Crippen molar-refractivity contribution in [2.45, 2.75) is 45.1 Å². The molecule has 1 fully saturated rings. The zero-order chi connectivity index (χ0) is 21.0. The van der Waals surface area contributed by atoms with E-state index in [1.165, 1.54) is 10.8 Å². The molecule has 0 atom stereocenters. The Kier molecular flexibility index (Phi) is 6.23. The van der Waals surface area contributed by atoms with Gasteiger partial charge in [0.2, 0.25) is 5.88 Å². The van der Waals surface area contributed by atoms with E-state index in [-0.39, 0.29) is 17.5 Å². The molecule has 1 aliphatic rings. The van der Waals surface area contributed by atoms with E-state index in [0.717, 1.165) is 32.1 Å². The van der Waals surface area contributed by atoms with Crippen LogP contribution in [-0.2, 0) is 0 Å². The molecular weight excluding hydrogens is 370 g/mol. The number of hydrogen-bond donors (Lipinski definition) is 1. The fourth-order valence-electron chi connectivity index (χ4n) is 3.81. The molecule has 2 aromatic rings. The Morgan fingerprint density at radius 3 is 2.59 bits per heavy atom. The van der Waals surface area contributed by atoms with E-state index >= 15 is 0 Å². The molecular formula is C22H25N3O4. The lowest BCUT2D eigenvalue weighted by Crippen LogP contribution is -2.30. The molecule has 152 valence electrons. The Labute approximate surface area is 169 Å². The Hall–Kier alpha value is -3.27. The summed E-state index contributed by atoms with van der Waals surface area (Å²) < 4.78 is 11.9. The van der Waals surface area contributed by atoms with Crippen LogP contribution in [-0.4, -0.2) is 30.1 Å². The highest BCUT2D eigenvalue weighted by atomic mass is 16.5. The first-order valence-corrected chi connectivity index (χ1v) is 9.66. The van der Waals surface area contributed by atoms with E-state index in [1.54, 1.807) is 39.3 Å². The summed E-state index contributed by atoms with van der Waals surface area (Å²) in [6.45, 7) is 1.65. The lowest BCUT2D eigenvalue weighted by molar-refractivity contribution is 0.303. The number of nitriles is 1. The molecule has 29 heavy (non-hydrogen) atoms. The van der Waals surface area contributed by atoms with Crippen molar-refractivity contribution in [1.29, 1.82) is 5.26 Å². The third-order valence-electron chi connectivity index (χ3n) is 5.45. The molecule has 0 saturated heterocycles. The summed E-state index contributed by atoms with van der Waals surface area (Å²) in [6.07, 6.45) is 6.20. The van der Waals surface area contributed by atoms with Crippen molar-refractivity contribution in [3.8, 4) is 23.4 Å². The van der Waals surface area contributed by atoms with Gasteiger partial charge in [-0.05, 0) is 37.5 Å². The first kappa shape index (κ1) is 20.5. The van der Waals surface area contributed by atoms with Crippen LogP contribution < -0.4 is 15.0 Å². The topological polar surface area (TPSA) is 96.8 Å². The van der Waals surface area contributed by atoms with Gasteiger partial charge < -0.3 is 14.6 Å². The smallest absolute Gasteiger partial charge is 0.271 e. The first-order valence-electron chi connectivity index (χ1n) is 9.66. The third kappa shape index (κ3) is 3.97. The summed E-state index contributed by atoms with van der Waals surface area (Å²) in [5.74, 6) is 1.01. The van der Waals surface area contributed by atoms with Crippen LogP contribution in [0.2, 0.25) is 0 Å². The lowest BCUT2D eigenvalue weighted by atomic mass is 9.94. The molecule has 1 N–H and O–H groups in total. The fraction of sp³-hybridized carbons (Fsp3) is 0.409. The van der Waals surface area contributed by atoms with E-state index in [2.05, 4.69) is 4.99 Å². The summed E-state index contributed by atoms with van der Waals surface area (Å²) in [6, 6.07) is 7.10. The molecule has 0 aliphatic heterocycles. The number of rotatable bonds is 5. The van der Waals surface area contributed by atoms with Gasteiger partial charge in [-0.3, -0.25) is 14.4 Å². The largest absolute Gasteiger partial charge is 0.497 e. The van der Waals surface area contributed by atoms with Crippen LogP contribution in [0.3, 0.4) is 0 Å². The van der Waals surface area contributed by atoms with Crippen molar-refractivity contribution >= 4 is 11.9 Å². The zero-order valence-corrected chi connectivity index (χ0v) is 16.9. The van der Waals surface area contributed by atoms with Crippen molar-refractivity contribution in [1.82, 2.24) is 4.57 Å². The van der Waals surface area contributed by atoms with Crippen LogP contribution in [0.15, 0.2) is 28.0 Å². The minimum absolute atomic E-state index is 0.0347. The maximum atomic E-state index is 12.9. The molecule has 3 rings (SSSR count). The monoisotopic (exact) mass is 395 g/mol. The van der Waals surface area contributed by atoms with Gasteiger partial charge >= 0.3 is 0 Å². The van der Waals surface area contributed by atoms with Gasteiger partial charge in [0.25, 0.3) is 5.56 Å². The molecule has 0 bridgehead atoms. The van der Waals surface area contributed by atoms with Gasteiger partial charge in [0, 0.05) is 18.3 Å². The molecule has 0 radical (unpaired) electrons. The van der Waals surface area contributed by atoms with Gasteiger partial charge in [-0.2, -0.15) is 5.26 Å². The van der Waals surface area contributed by atoms with Crippen LogP contribution in [0.25, 0.3) is 0 Å². The van der Waals surface area contributed by atoms with Gasteiger partial charge in [-0.25, -0.2) is 0 Å². The highest BCUT2D eigenvalue weighted by Crippen LogP contribution is 2.34. The second kappa shape index (κ2) is 8.82. The summed E-state index contributed by atoms with van der Waals surface area (Å²) in [5, 5.41) is 20.5. The van der Waals surface area contributed by atoms with Crippen molar-refractivity contribution in [2.75, 3.05) is 14.2 Å². The van der Waals surface area contributed by atoms with Gasteiger partial charge in [-0.1, -0.05) is 19.3 Å². The van der Waals surface area contributed by atoms with Gasteiger partial charge in [0.15, 0.2) is 0 Å². The van der Waals surface area contributed by atoms with Gasteiger partial charge in [0.05, 0.1) is 19.8 Å². The molecule has 1 aromatic heterocycles. The van der Waals surface area contributed by atoms with E-state index in [0.29, 0.717) is 28.3 Å². The molecule has 1 aliphatic carbocycles. The molecule has 7 nitrogen and oxygen atoms in total. The number of aliphatic imine (C=N–C) groups is 1. The lowest BCUT2D eigenvalue weighted by Gasteiger charge is -2.26. The predicted octanol–water partition coefficient (Wildman–Crippen LogP) is 4.01. The molecule has 1 aromatic carbocycles. The SMILES string of the molecule is COc1ccc(OC)c(N=Cc2c(C)c(C#N)c(=O)n(C3CCCCC3)c2O)c1. The number of aromatic hydroxyl groups is 1. The quantitative estimate of drug-likeness (QED) is 0.772. The third-order valence-corrected chi connectivity index (χ3v) is 5.45. The van der Waals surface area contributed by atoms with E-state index in [9.17, 15) is 15.2 Å². The van der Waals surface area contributed by atoms with Gasteiger partial charge in [0.1, 0.15) is 28.8 Å². The standard InChI is InChI=1S/C22H25N3O4/c1-14-17(12-23)21(26)25(15-7-5-4-6-8-15)22(27)18(14)13-24-19-11-16(28-2)9-10-20(19)29-3/h9-11,13,15,27H,4-8H2,1-3H3. The Morgan fingerprint density at radius 1 is 1.24 bits per heavy atom. The van der Waals surface area contributed by atoms with E-state index in [1.807, 2.05) is 6.07 Å². The zero-order valence-electron chi connectivity index (χ0n) is 16.9. The maximum absolute atomic E-state index is 12.9.